The van der Waals surface area contributed by atoms with E-state index in [1.807, 2.05) is 62.4 Å². The van der Waals surface area contributed by atoms with Crippen LogP contribution < -0.4 is 5.32 Å². The zero-order valence-corrected chi connectivity index (χ0v) is 18.5. The number of furan rings is 1. The third-order valence-corrected chi connectivity index (χ3v) is 5.20. The monoisotopic (exact) mass is 443 g/mol. The molecule has 0 saturated carbocycles. The third-order valence-electron chi connectivity index (χ3n) is 5.20. The summed E-state index contributed by atoms with van der Waals surface area (Å²) >= 11 is 0. The number of benzene rings is 3. The molecule has 3 aromatic carbocycles. The highest BCUT2D eigenvalue weighted by molar-refractivity contribution is 6.11. The zero-order chi connectivity index (χ0) is 23.4. The standard InChI is InChI=1S/C27H25NO5/c1-17(2)15-28-26(30)24-21-8-4-6-10-23(21)33-25(24)19-13-11-18(12-14-19)16-32-27(31)20-7-3-5-9-22(20)29/h3-14,17,29H,15-16H2,1-2H3,(H,28,30). The molecule has 4 aromatic rings. The lowest BCUT2D eigenvalue weighted by Crippen LogP contribution is -2.27. The number of carbonyl (C=O) groups excluding carboxylic acids is 2. The summed E-state index contributed by atoms with van der Waals surface area (Å²) in [4.78, 5) is 25.2. The van der Waals surface area contributed by atoms with Gasteiger partial charge in [0.25, 0.3) is 5.91 Å². The van der Waals surface area contributed by atoms with E-state index in [2.05, 4.69) is 5.32 Å². The summed E-state index contributed by atoms with van der Waals surface area (Å²) in [7, 11) is 0. The molecule has 2 N–H and O–H groups in total. The summed E-state index contributed by atoms with van der Waals surface area (Å²) in [5, 5.41) is 13.5. The minimum atomic E-state index is -0.599. The number of fused-ring (bicyclic) bond motifs is 1. The smallest absolute Gasteiger partial charge is 0.342 e. The third kappa shape index (κ3) is 4.90. The summed E-state index contributed by atoms with van der Waals surface area (Å²) in [6.07, 6.45) is 0. The predicted molar refractivity (Wildman–Crippen MR) is 126 cm³/mol. The van der Waals surface area contributed by atoms with Crippen LogP contribution in [-0.4, -0.2) is 23.5 Å². The molecule has 33 heavy (non-hydrogen) atoms. The lowest BCUT2D eigenvalue weighted by Gasteiger charge is -2.09. The van der Waals surface area contributed by atoms with Crippen LogP contribution in [0.1, 0.15) is 40.1 Å². The molecule has 0 aliphatic heterocycles. The van der Waals surface area contributed by atoms with E-state index >= 15 is 0 Å². The second-order valence-corrected chi connectivity index (χ2v) is 8.20. The summed E-state index contributed by atoms with van der Waals surface area (Å²) in [5.74, 6) is -0.0699. The highest BCUT2D eigenvalue weighted by Gasteiger charge is 2.22. The number of hydrogen-bond acceptors (Lipinski definition) is 5. The first kappa shape index (κ1) is 22.1. The van der Waals surface area contributed by atoms with Crippen LogP contribution in [0.4, 0.5) is 0 Å². The quantitative estimate of drug-likeness (QED) is 0.366. The Kier molecular flexibility index (Phi) is 6.45. The molecule has 6 nitrogen and oxygen atoms in total. The molecule has 0 saturated heterocycles. The van der Waals surface area contributed by atoms with Gasteiger partial charge in [0.05, 0.1) is 5.56 Å². The summed E-state index contributed by atoms with van der Waals surface area (Å²) in [6, 6.07) is 21.0. The Morgan fingerprint density at radius 1 is 0.970 bits per heavy atom. The fourth-order valence-electron chi connectivity index (χ4n) is 3.48. The number of hydrogen-bond donors (Lipinski definition) is 2. The molecule has 0 radical (unpaired) electrons. The van der Waals surface area contributed by atoms with Gasteiger partial charge in [-0.15, -0.1) is 0 Å². The molecule has 4 rings (SSSR count). The summed E-state index contributed by atoms with van der Waals surface area (Å²) in [5.41, 5.74) is 2.78. The predicted octanol–water partition coefficient (Wildman–Crippen LogP) is 5.55. The van der Waals surface area contributed by atoms with Crippen molar-refractivity contribution in [2.45, 2.75) is 20.5 Å². The number of para-hydroxylation sites is 2. The SMILES string of the molecule is CC(C)CNC(=O)c1c(-c2ccc(COC(=O)c3ccccc3O)cc2)oc2ccccc12. The number of phenolic OH excluding ortho intramolecular Hbond substituents is 1. The van der Waals surface area contributed by atoms with E-state index in [9.17, 15) is 14.7 Å². The molecule has 0 spiro atoms. The molecular weight excluding hydrogens is 418 g/mol. The maximum Gasteiger partial charge on any atom is 0.342 e. The van der Waals surface area contributed by atoms with Gasteiger partial charge in [0.15, 0.2) is 0 Å². The van der Waals surface area contributed by atoms with E-state index in [0.29, 0.717) is 29.4 Å². The highest BCUT2D eigenvalue weighted by Crippen LogP contribution is 2.34. The molecule has 0 fully saturated rings. The van der Waals surface area contributed by atoms with Crippen LogP contribution in [0.15, 0.2) is 77.2 Å². The molecule has 1 heterocycles. The second kappa shape index (κ2) is 9.61. The van der Waals surface area contributed by atoms with Gasteiger partial charge in [-0.1, -0.05) is 68.4 Å². The van der Waals surface area contributed by atoms with Crippen molar-refractivity contribution >= 4 is 22.8 Å². The number of esters is 1. The molecule has 0 atom stereocenters. The van der Waals surface area contributed by atoms with Crippen molar-refractivity contribution in [1.29, 1.82) is 0 Å². The topological polar surface area (TPSA) is 88.8 Å². The molecule has 168 valence electrons. The number of amides is 1. The Hall–Kier alpha value is -4.06. The number of phenols is 1. The molecule has 1 aromatic heterocycles. The first-order valence-electron chi connectivity index (χ1n) is 10.8. The number of ether oxygens (including phenoxy) is 1. The van der Waals surface area contributed by atoms with E-state index in [4.69, 9.17) is 9.15 Å². The maximum atomic E-state index is 13.0. The Bertz CT molecular complexity index is 1290. The van der Waals surface area contributed by atoms with Crippen LogP contribution in [-0.2, 0) is 11.3 Å². The fourth-order valence-corrected chi connectivity index (χ4v) is 3.48. The van der Waals surface area contributed by atoms with Crippen molar-refractivity contribution < 1.29 is 23.8 Å². The van der Waals surface area contributed by atoms with Crippen molar-refractivity contribution in [3.63, 3.8) is 0 Å². The van der Waals surface area contributed by atoms with Crippen LogP contribution in [0.3, 0.4) is 0 Å². The van der Waals surface area contributed by atoms with Crippen LogP contribution in [0, 0.1) is 5.92 Å². The Labute approximate surface area is 191 Å². The fraction of sp³-hybridized carbons (Fsp3) is 0.185. The van der Waals surface area contributed by atoms with E-state index in [1.165, 1.54) is 12.1 Å². The molecule has 0 aliphatic carbocycles. The first-order chi connectivity index (χ1) is 15.9. The van der Waals surface area contributed by atoms with Gasteiger partial charge in [0, 0.05) is 17.5 Å². The number of rotatable bonds is 7. The average molecular weight is 443 g/mol. The average Bonchev–Trinajstić information content (AvgIpc) is 3.21. The van der Waals surface area contributed by atoms with Gasteiger partial charge in [-0.25, -0.2) is 4.79 Å². The van der Waals surface area contributed by atoms with Crippen LogP contribution in [0.5, 0.6) is 5.75 Å². The summed E-state index contributed by atoms with van der Waals surface area (Å²) in [6.45, 7) is 4.70. The van der Waals surface area contributed by atoms with Gasteiger partial charge in [0.2, 0.25) is 0 Å². The van der Waals surface area contributed by atoms with Crippen molar-refractivity contribution in [1.82, 2.24) is 5.32 Å². The van der Waals surface area contributed by atoms with Crippen molar-refractivity contribution in [2.75, 3.05) is 6.54 Å². The zero-order valence-electron chi connectivity index (χ0n) is 18.5. The van der Waals surface area contributed by atoms with E-state index in [-0.39, 0.29) is 23.8 Å². The van der Waals surface area contributed by atoms with E-state index in [0.717, 1.165) is 16.5 Å². The van der Waals surface area contributed by atoms with Crippen LogP contribution in [0.25, 0.3) is 22.3 Å². The Morgan fingerprint density at radius 3 is 2.39 bits per heavy atom. The first-order valence-corrected chi connectivity index (χ1v) is 10.8. The van der Waals surface area contributed by atoms with Crippen molar-refractivity contribution in [2.24, 2.45) is 5.92 Å². The normalized spacial score (nSPS) is 11.0. The van der Waals surface area contributed by atoms with Crippen LogP contribution in [0.2, 0.25) is 0 Å². The van der Waals surface area contributed by atoms with Gasteiger partial charge >= 0.3 is 5.97 Å². The van der Waals surface area contributed by atoms with Gasteiger partial charge in [0.1, 0.15) is 29.3 Å². The highest BCUT2D eigenvalue weighted by atomic mass is 16.5. The van der Waals surface area contributed by atoms with Crippen molar-refractivity contribution in [3.8, 4) is 17.1 Å². The van der Waals surface area contributed by atoms with E-state index in [1.54, 1.807) is 12.1 Å². The molecule has 1 amide bonds. The Morgan fingerprint density at radius 2 is 1.67 bits per heavy atom. The number of aromatic hydroxyl groups is 1. The summed E-state index contributed by atoms with van der Waals surface area (Å²) < 4.78 is 11.4. The molecule has 0 aliphatic rings. The lowest BCUT2D eigenvalue weighted by atomic mass is 10.0. The van der Waals surface area contributed by atoms with Crippen molar-refractivity contribution in [3.05, 3.63) is 89.5 Å². The van der Waals surface area contributed by atoms with Gasteiger partial charge in [-0.2, -0.15) is 0 Å². The largest absolute Gasteiger partial charge is 0.507 e. The van der Waals surface area contributed by atoms with Gasteiger partial charge < -0.3 is 19.6 Å². The van der Waals surface area contributed by atoms with E-state index < -0.39 is 5.97 Å². The molecule has 0 bridgehead atoms. The van der Waals surface area contributed by atoms with Gasteiger partial charge in [-0.3, -0.25) is 4.79 Å². The molecular formula is C27H25NO5. The maximum absolute atomic E-state index is 13.0. The number of carbonyl (C=O) groups is 2. The minimum absolute atomic E-state index is 0.0509. The number of nitrogens with one attached hydrogen (secondary N) is 1. The van der Waals surface area contributed by atoms with Crippen LogP contribution >= 0.6 is 0 Å². The minimum Gasteiger partial charge on any atom is -0.507 e. The lowest BCUT2D eigenvalue weighted by molar-refractivity contribution is 0.0469. The second-order valence-electron chi connectivity index (χ2n) is 8.20. The Balaban J connectivity index is 1.55. The molecule has 0 unspecified atom stereocenters. The molecule has 6 heteroatoms. The van der Waals surface area contributed by atoms with Gasteiger partial charge in [-0.05, 0) is 29.7 Å².